The summed E-state index contributed by atoms with van der Waals surface area (Å²) in [5, 5.41) is 1.63. The van der Waals surface area contributed by atoms with Gasteiger partial charge in [0.25, 0.3) is 5.91 Å². The number of fused-ring (bicyclic) bond motifs is 3. The maximum Gasteiger partial charge on any atom is 0.254 e. The number of nitrogens with zero attached hydrogens (tertiary/aromatic N) is 2. The smallest absolute Gasteiger partial charge is 0.254 e. The second kappa shape index (κ2) is 8.90. The Morgan fingerprint density at radius 2 is 1.41 bits per heavy atom. The van der Waals surface area contributed by atoms with E-state index in [-0.39, 0.29) is 12.1 Å². The van der Waals surface area contributed by atoms with Gasteiger partial charge in [-0.25, -0.2) is 0 Å². The van der Waals surface area contributed by atoms with Crippen LogP contribution in [0.1, 0.15) is 37.0 Å². The average molecular weight is 457 g/mol. The molecule has 1 amide bonds. The van der Waals surface area contributed by atoms with Gasteiger partial charge in [0.05, 0.1) is 17.4 Å². The first-order chi connectivity index (χ1) is 16.5. The molecule has 34 heavy (non-hydrogen) atoms. The molecule has 0 radical (unpaired) electrons. The lowest BCUT2D eigenvalue weighted by molar-refractivity contribution is -0.198. The lowest BCUT2D eigenvalue weighted by atomic mass is 9.61. The van der Waals surface area contributed by atoms with E-state index in [4.69, 9.17) is 9.57 Å². The largest absolute Gasteiger partial charge is 0.377 e. The van der Waals surface area contributed by atoms with E-state index in [9.17, 15) is 4.79 Å². The number of benzene rings is 3. The fraction of sp³-hybridized carbons (Fsp3) is 0.345. The zero-order valence-corrected chi connectivity index (χ0v) is 20.1. The number of hydrogen-bond donors (Lipinski definition) is 0. The molecule has 2 aliphatic heterocycles. The van der Waals surface area contributed by atoms with Gasteiger partial charge in [-0.15, -0.1) is 0 Å². The summed E-state index contributed by atoms with van der Waals surface area (Å²) in [6.45, 7) is 5.57. The van der Waals surface area contributed by atoms with Crippen LogP contribution in [0.25, 0.3) is 0 Å². The highest BCUT2D eigenvalue weighted by Gasteiger charge is 2.70. The molecule has 1 fully saturated rings. The number of hydroxylamine groups is 2. The molecule has 5 nitrogen and oxygen atoms in total. The Balaban J connectivity index is 1.45. The topological polar surface area (TPSA) is 42.0 Å². The Hall–Kier alpha value is -3.15. The molecule has 0 aromatic heterocycles. The van der Waals surface area contributed by atoms with Crippen LogP contribution in [0.15, 0.2) is 84.9 Å². The molecule has 2 aliphatic rings. The second-order valence-corrected chi connectivity index (χ2v) is 9.78. The molecule has 5 rings (SSSR count). The summed E-state index contributed by atoms with van der Waals surface area (Å²) in [6, 6.07) is 28.6. The maximum atomic E-state index is 13.8. The molecule has 2 atom stereocenters. The zero-order chi connectivity index (χ0) is 23.8. The summed E-state index contributed by atoms with van der Waals surface area (Å²) in [4.78, 5) is 22.3. The number of para-hydroxylation sites is 1. The van der Waals surface area contributed by atoms with Crippen molar-refractivity contribution in [1.82, 2.24) is 5.06 Å². The molecule has 3 aromatic rings. The second-order valence-electron chi connectivity index (χ2n) is 9.78. The van der Waals surface area contributed by atoms with Crippen LogP contribution in [0.5, 0.6) is 0 Å². The van der Waals surface area contributed by atoms with Crippen molar-refractivity contribution in [3.63, 3.8) is 0 Å². The molecular weight excluding hydrogens is 424 g/mol. The lowest BCUT2D eigenvalue weighted by Gasteiger charge is -2.40. The molecule has 0 saturated carbocycles. The molecule has 0 aliphatic carbocycles. The van der Waals surface area contributed by atoms with Gasteiger partial charge >= 0.3 is 0 Å². The first-order valence-electron chi connectivity index (χ1n) is 11.9. The van der Waals surface area contributed by atoms with Gasteiger partial charge in [0.2, 0.25) is 0 Å². The monoisotopic (exact) mass is 456 g/mol. The van der Waals surface area contributed by atoms with E-state index < -0.39 is 10.8 Å². The minimum Gasteiger partial charge on any atom is -0.377 e. The molecule has 176 valence electrons. The normalized spacial score (nSPS) is 22.7. The van der Waals surface area contributed by atoms with E-state index in [1.807, 2.05) is 48.5 Å². The molecule has 0 spiro atoms. The number of carbonyl (C=O) groups is 1. The van der Waals surface area contributed by atoms with Crippen molar-refractivity contribution >= 4 is 11.6 Å². The highest BCUT2D eigenvalue weighted by atomic mass is 16.7. The molecule has 0 bridgehead atoms. The third-order valence-corrected chi connectivity index (χ3v) is 7.61. The van der Waals surface area contributed by atoms with Gasteiger partial charge in [-0.1, -0.05) is 78.9 Å². The van der Waals surface area contributed by atoms with Crippen molar-refractivity contribution in [2.75, 3.05) is 18.6 Å². The van der Waals surface area contributed by atoms with Crippen LogP contribution in [0, 0.1) is 5.41 Å². The fourth-order valence-corrected chi connectivity index (χ4v) is 5.78. The van der Waals surface area contributed by atoms with Crippen LogP contribution < -0.4 is 4.90 Å². The number of ether oxygens (including phenoxy) is 1. The number of hydrogen-bond acceptors (Lipinski definition) is 4. The van der Waals surface area contributed by atoms with Gasteiger partial charge in [-0.05, 0) is 43.0 Å². The predicted molar refractivity (Wildman–Crippen MR) is 133 cm³/mol. The van der Waals surface area contributed by atoms with Crippen LogP contribution in [-0.2, 0) is 33.0 Å². The molecule has 5 heteroatoms. The number of likely N-dealkylation sites (N-methyl/N-ethyl adjacent to an activating group) is 1. The van der Waals surface area contributed by atoms with Crippen molar-refractivity contribution in [2.45, 2.75) is 45.1 Å². The summed E-state index contributed by atoms with van der Waals surface area (Å²) in [5.74, 6) is 0.0119. The van der Waals surface area contributed by atoms with E-state index in [0.29, 0.717) is 19.8 Å². The van der Waals surface area contributed by atoms with Crippen molar-refractivity contribution in [3.8, 4) is 0 Å². The highest BCUT2D eigenvalue weighted by Crippen LogP contribution is 2.61. The Morgan fingerprint density at radius 1 is 0.824 bits per heavy atom. The van der Waals surface area contributed by atoms with E-state index in [2.05, 4.69) is 62.2 Å². The van der Waals surface area contributed by atoms with Crippen LogP contribution in [0.4, 0.5) is 5.69 Å². The standard InChI is InChI=1S/C29H32N2O3/c1-28(2)27(32)31(34-21-23-14-8-5-9-15-23)26-29(28,24-16-10-11-17-25(24)30(26)3)18-19-33-20-22-12-6-4-7-13-22/h4-17,26H,18-21H2,1-3H3/t26-,29-/m0/s1. The van der Waals surface area contributed by atoms with E-state index >= 15 is 0 Å². The highest BCUT2D eigenvalue weighted by molar-refractivity contribution is 5.90. The SMILES string of the molecule is CN1c2ccccc2[C@@]2(CCOCc3ccccc3)[C@@H]1N(OCc1ccccc1)C(=O)C2(C)C. The minimum atomic E-state index is -0.661. The Labute approximate surface area is 201 Å². The summed E-state index contributed by atoms with van der Waals surface area (Å²) >= 11 is 0. The number of anilines is 1. The van der Waals surface area contributed by atoms with Crippen molar-refractivity contribution < 1.29 is 14.4 Å². The quantitative estimate of drug-likeness (QED) is 0.431. The van der Waals surface area contributed by atoms with Gasteiger partial charge in [-0.3, -0.25) is 9.63 Å². The van der Waals surface area contributed by atoms with Gasteiger partial charge in [0.15, 0.2) is 0 Å². The van der Waals surface area contributed by atoms with Gasteiger partial charge in [0.1, 0.15) is 12.8 Å². The first-order valence-corrected chi connectivity index (χ1v) is 11.9. The van der Waals surface area contributed by atoms with Gasteiger partial charge in [0, 0.05) is 19.3 Å². The minimum absolute atomic E-state index is 0.0119. The molecule has 3 aromatic carbocycles. The predicted octanol–water partition coefficient (Wildman–Crippen LogP) is 5.31. The molecular formula is C29H32N2O3. The van der Waals surface area contributed by atoms with Crippen LogP contribution in [0.2, 0.25) is 0 Å². The Kier molecular flexibility index (Phi) is 5.92. The van der Waals surface area contributed by atoms with Crippen LogP contribution in [-0.4, -0.2) is 30.8 Å². The molecule has 1 saturated heterocycles. The third kappa shape index (κ3) is 3.51. The average Bonchev–Trinajstić information content (AvgIpc) is 3.21. The lowest BCUT2D eigenvalue weighted by Crippen LogP contribution is -2.51. The maximum absolute atomic E-state index is 13.8. The molecule has 0 N–H and O–H groups in total. The Bertz CT molecular complexity index is 1150. The van der Waals surface area contributed by atoms with Gasteiger partial charge < -0.3 is 9.64 Å². The van der Waals surface area contributed by atoms with Crippen molar-refractivity contribution in [3.05, 3.63) is 102 Å². The summed E-state index contributed by atoms with van der Waals surface area (Å²) in [6.07, 6.45) is 0.479. The molecule has 0 unspecified atom stereocenters. The van der Waals surface area contributed by atoms with Gasteiger partial charge in [-0.2, -0.15) is 5.06 Å². The number of rotatable bonds is 8. The number of amides is 1. The van der Waals surface area contributed by atoms with E-state index in [1.54, 1.807) is 5.06 Å². The number of carbonyl (C=O) groups excluding carboxylic acids is 1. The van der Waals surface area contributed by atoms with Crippen LogP contribution in [0.3, 0.4) is 0 Å². The molecule has 2 heterocycles. The van der Waals surface area contributed by atoms with E-state index in [0.717, 1.165) is 23.2 Å². The fourth-order valence-electron chi connectivity index (χ4n) is 5.78. The third-order valence-electron chi connectivity index (χ3n) is 7.61. The van der Waals surface area contributed by atoms with Crippen molar-refractivity contribution in [2.24, 2.45) is 5.41 Å². The summed E-state index contributed by atoms with van der Waals surface area (Å²) in [7, 11) is 2.06. The Morgan fingerprint density at radius 3 is 2.09 bits per heavy atom. The summed E-state index contributed by atoms with van der Waals surface area (Å²) in [5.41, 5.74) is 3.40. The van der Waals surface area contributed by atoms with Crippen molar-refractivity contribution in [1.29, 1.82) is 0 Å². The zero-order valence-electron chi connectivity index (χ0n) is 20.1. The van der Waals surface area contributed by atoms with E-state index in [1.165, 1.54) is 5.56 Å². The van der Waals surface area contributed by atoms with Crippen LogP contribution >= 0.6 is 0 Å². The summed E-state index contributed by atoms with van der Waals surface area (Å²) < 4.78 is 6.14. The first kappa shape index (κ1) is 22.6.